The van der Waals surface area contributed by atoms with Gasteiger partial charge in [-0.25, -0.2) is 0 Å². The van der Waals surface area contributed by atoms with Gasteiger partial charge in [0, 0.05) is 12.1 Å². The van der Waals surface area contributed by atoms with Gasteiger partial charge in [0.05, 0.1) is 6.61 Å². The molecule has 4 nitrogen and oxygen atoms in total. The van der Waals surface area contributed by atoms with Crippen molar-refractivity contribution in [3.63, 3.8) is 0 Å². The van der Waals surface area contributed by atoms with E-state index in [1.807, 2.05) is 20.8 Å². The van der Waals surface area contributed by atoms with Gasteiger partial charge >= 0.3 is 5.97 Å². The molecule has 0 aliphatic heterocycles. The number of esters is 1. The molecular weight excluding hydrogens is 252 g/mol. The summed E-state index contributed by atoms with van der Waals surface area (Å²) < 4.78 is 5.23. The Hall–Kier alpha value is -0.610. The molecule has 1 N–H and O–H groups in total. The Kier molecular flexibility index (Phi) is 8.36. The Labute approximate surface area is 125 Å². The number of hydrogen-bond donors (Lipinski definition) is 1. The largest absolute Gasteiger partial charge is 0.465 e. The minimum atomic E-state index is -0.616. The van der Waals surface area contributed by atoms with Crippen LogP contribution in [0.5, 0.6) is 0 Å². The maximum absolute atomic E-state index is 12.2. The fraction of sp³-hybridized carbons (Fsp3) is 0.938. The van der Waals surface area contributed by atoms with Crippen LogP contribution >= 0.6 is 0 Å². The van der Waals surface area contributed by atoms with Crippen LogP contribution in [0.3, 0.4) is 0 Å². The lowest BCUT2D eigenvalue weighted by molar-refractivity contribution is -0.151. The second-order valence-corrected chi connectivity index (χ2v) is 6.29. The van der Waals surface area contributed by atoms with Crippen molar-refractivity contribution in [2.45, 2.75) is 72.5 Å². The van der Waals surface area contributed by atoms with Crippen LogP contribution < -0.4 is 5.32 Å². The molecule has 0 aromatic rings. The number of nitrogens with zero attached hydrogens (tertiary/aromatic N) is 1. The zero-order chi connectivity index (χ0) is 15.9. The van der Waals surface area contributed by atoms with E-state index in [4.69, 9.17) is 4.74 Å². The van der Waals surface area contributed by atoms with Crippen molar-refractivity contribution in [1.29, 1.82) is 0 Å². The van der Waals surface area contributed by atoms with Gasteiger partial charge in [-0.3, -0.25) is 4.79 Å². The molecule has 3 atom stereocenters. The van der Waals surface area contributed by atoms with Crippen molar-refractivity contribution in [2.75, 3.05) is 20.2 Å². The molecule has 0 aromatic carbocycles. The molecule has 0 aliphatic rings. The first-order chi connectivity index (χ1) is 9.19. The number of ether oxygens (including phenoxy) is 1. The van der Waals surface area contributed by atoms with Crippen LogP contribution in [0.2, 0.25) is 0 Å². The molecule has 0 rings (SSSR count). The van der Waals surface area contributed by atoms with Gasteiger partial charge in [0.25, 0.3) is 0 Å². The van der Waals surface area contributed by atoms with Gasteiger partial charge in [-0.2, -0.15) is 0 Å². The zero-order valence-corrected chi connectivity index (χ0v) is 14.6. The third-order valence-corrected chi connectivity index (χ3v) is 4.30. The summed E-state index contributed by atoms with van der Waals surface area (Å²) in [5.41, 5.74) is -0.616. The zero-order valence-electron chi connectivity index (χ0n) is 14.6. The summed E-state index contributed by atoms with van der Waals surface area (Å²) in [7, 11) is 2.13. The summed E-state index contributed by atoms with van der Waals surface area (Å²) in [5.74, 6) is 0.440. The number of nitrogens with one attached hydrogen (secondary N) is 1. The van der Waals surface area contributed by atoms with Crippen LogP contribution in [0.25, 0.3) is 0 Å². The van der Waals surface area contributed by atoms with E-state index in [1.54, 1.807) is 0 Å². The van der Waals surface area contributed by atoms with Crippen molar-refractivity contribution >= 4 is 5.97 Å². The standard InChI is InChI=1S/C16H34N2O2/c1-9-17-16(7,15(19)20-10-2)11-13(5)18(8)14(6)12(3)4/h12-14,17H,9-11H2,1-8H3. The third-order valence-electron chi connectivity index (χ3n) is 4.30. The monoisotopic (exact) mass is 286 g/mol. The molecular formula is C16H34N2O2. The van der Waals surface area contributed by atoms with Crippen LogP contribution in [0, 0.1) is 5.92 Å². The van der Waals surface area contributed by atoms with Crippen LogP contribution in [0.4, 0.5) is 0 Å². The first kappa shape index (κ1) is 19.4. The van der Waals surface area contributed by atoms with Gasteiger partial charge < -0.3 is 15.0 Å². The van der Waals surface area contributed by atoms with Crippen LogP contribution in [0.15, 0.2) is 0 Å². The van der Waals surface area contributed by atoms with E-state index in [9.17, 15) is 4.79 Å². The number of carbonyl (C=O) groups is 1. The van der Waals surface area contributed by atoms with Crippen LogP contribution in [-0.4, -0.2) is 48.7 Å². The molecule has 0 aromatic heterocycles. The fourth-order valence-electron chi connectivity index (χ4n) is 2.51. The highest BCUT2D eigenvalue weighted by atomic mass is 16.5. The predicted octanol–water partition coefficient (Wildman–Crippen LogP) is 2.67. The SMILES string of the molecule is CCNC(C)(CC(C)N(C)C(C)C(C)C)C(=O)OCC. The van der Waals surface area contributed by atoms with Gasteiger partial charge in [-0.05, 0) is 53.6 Å². The highest BCUT2D eigenvalue weighted by Gasteiger charge is 2.36. The molecule has 0 fully saturated rings. The minimum absolute atomic E-state index is 0.153. The quantitative estimate of drug-likeness (QED) is 0.662. The number of carbonyl (C=O) groups excluding carboxylic acids is 1. The topological polar surface area (TPSA) is 41.6 Å². The molecule has 0 bridgehead atoms. The van der Waals surface area contributed by atoms with E-state index in [2.05, 4.69) is 45.0 Å². The average molecular weight is 286 g/mol. The third kappa shape index (κ3) is 5.41. The highest BCUT2D eigenvalue weighted by Crippen LogP contribution is 2.21. The van der Waals surface area contributed by atoms with Gasteiger partial charge in [-0.15, -0.1) is 0 Å². The predicted molar refractivity (Wildman–Crippen MR) is 84.9 cm³/mol. The summed E-state index contributed by atoms with van der Waals surface area (Å²) in [5, 5.41) is 3.30. The summed E-state index contributed by atoms with van der Waals surface area (Å²) in [6, 6.07) is 0.791. The Bertz CT molecular complexity index is 294. The van der Waals surface area contributed by atoms with Crippen LogP contribution in [-0.2, 0) is 9.53 Å². The average Bonchev–Trinajstić information content (AvgIpc) is 2.37. The van der Waals surface area contributed by atoms with Crippen molar-refractivity contribution in [2.24, 2.45) is 5.92 Å². The molecule has 0 heterocycles. The van der Waals surface area contributed by atoms with E-state index >= 15 is 0 Å². The van der Waals surface area contributed by atoms with Gasteiger partial charge in [-0.1, -0.05) is 20.8 Å². The van der Waals surface area contributed by atoms with E-state index < -0.39 is 5.54 Å². The summed E-state index contributed by atoms with van der Waals surface area (Å²) in [6.07, 6.45) is 0.743. The lowest BCUT2D eigenvalue weighted by Crippen LogP contribution is -2.55. The molecule has 0 saturated heterocycles. The molecule has 120 valence electrons. The van der Waals surface area contributed by atoms with Crippen molar-refractivity contribution in [1.82, 2.24) is 10.2 Å². The Morgan fingerprint density at radius 1 is 1.25 bits per heavy atom. The smallest absolute Gasteiger partial charge is 0.326 e. The lowest BCUT2D eigenvalue weighted by Gasteiger charge is -2.38. The van der Waals surface area contributed by atoms with Crippen LogP contribution in [0.1, 0.15) is 54.9 Å². The maximum Gasteiger partial charge on any atom is 0.326 e. The molecule has 0 aliphatic carbocycles. The summed E-state index contributed by atoms with van der Waals surface area (Å²) in [4.78, 5) is 14.6. The van der Waals surface area contributed by atoms with E-state index in [1.165, 1.54) is 0 Å². The van der Waals surface area contributed by atoms with Crippen molar-refractivity contribution in [3.8, 4) is 0 Å². The second kappa shape index (κ2) is 8.63. The number of rotatable bonds is 9. The highest BCUT2D eigenvalue weighted by molar-refractivity contribution is 5.80. The number of likely N-dealkylation sites (N-methyl/N-ethyl adjacent to an activating group) is 1. The second-order valence-electron chi connectivity index (χ2n) is 6.29. The molecule has 0 saturated carbocycles. The van der Waals surface area contributed by atoms with Gasteiger partial charge in [0.15, 0.2) is 0 Å². The van der Waals surface area contributed by atoms with Gasteiger partial charge in [0.1, 0.15) is 5.54 Å². The Balaban J connectivity index is 4.85. The fourth-order valence-corrected chi connectivity index (χ4v) is 2.51. The van der Waals surface area contributed by atoms with Crippen molar-refractivity contribution in [3.05, 3.63) is 0 Å². The first-order valence-electron chi connectivity index (χ1n) is 7.83. The van der Waals surface area contributed by atoms with E-state index in [0.29, 0.717) is 24.6 Å². The molecule has 20 heavy (non-hydrogen) atoms. The number of hydrogen-bond acceptors (Lipinski definition) is 4. The molecule has 4 heteroatoms. The Morgan fingerprint density at radius 3 is 2.20 bits per heavy atom. The van der Waals surface area contributed by atoms with E-state index in [-0.39, 0.29) is 5.97 Å². The lowest BCUT2D eigenvalue weighted by atomic mass is 9.91. The molecule has 0 radical (unpaired) electrons. The summed E-state index contributed by atoms with van der Waals surface area (Å²) >= 11 is 0. The van der Waals surface area contributed by atoms with Crippen molar-refractivity contribution < 1.29 is 9.53 Å². The van der Waals surface area contributed by atoms with E-state index in [0.717, 1.165) is 13.0 Å². The molecule has 0 amide bonds. The van der Waals surface area contributed by atoms with Gasteiger partial charge in [0.2, 0.25) is 0 Å². The summed E-state index contributed by atoms with van der Waals surface area (Å²) in [6.45, 7) is 15.8. The molecule has 0 spiro atoms. The first-order valence-corrected chi connectivity index (χ1v) is 7.83. The maximum atomic E-state index is 12.2. The Morgan fingerprint density at radius 2 is 1.80 bits per heavy atom. The minimum Gasteiger partial charge on any atom is -0.465 e. The molecule has 3 unspecified atom stereocenters. The normalized spacial score (nSPS) is 17.9.